The number of nitrogens with two attached hydrogens (primary N) is 1. The van der Waals surface area contributed by atoms with Crippen LogP contribution in [-0.4, -0.2) is 31.6 Å². The zero-order valence-electron chi connectivity index (χ0n) is 15.0. The van der Waals surface area contributed by atoms with Crippen molar-refractivity contribution in [2.75, 3.05) is 19.8 Å². The van der Waals surface area contributed by atoms with Crippen molar-refractivity contribution < 1.29 is 23.5 Å². The van der Waals surface area contributed by atoms with Crippen LogP contribution < -0.4 is 20.5 Å². The Morgan fingerprint density at radius 1 is 1.18 bits per heavy atom. The van der Waals surface area contributed by atoms with Crippen molar-refractivity contribution in [2.45, 2.75) is 12.8 Å². The van der Waals surface area contributed by atoms with Gasteiger partial charge in [-0.2, -0.15) is 0 Å². The number of amides is 2. The lowest BCUT2D eigenvalue weighted by Crippen LogP contribution is -2.37. The molecule has 2 amide bonds. The van der Waals surface area contributed by atoms with Gasteiger partial charge in [-0.15, -0.1) is 0 Å². The number of fused-ring (bicyclic) bond motifs is 1. The molecule has 2 aromatic carbocycles. The molecule has 0 aliphatic carbocycles. The van der Waals surface area contributed by atoms with Crippen molar-refractivity contribution >= 4 is 23.4 Å². The molecule has 0 saturated heterocycles. The molecule has 28 heavy (non-hydrogen) atoms. The van der Waals surface area contributed by atoms with Crippen LogP contribution in [0.15, 0.2) is 36.4 Å². The zero-order valence-corrected chi connectivity index (χ0v) is 15.8. The molecule has 0 aromatic heterocycles. The van der Waals surface area contributed by atoms with Gasteiger partial charge < -0.3 is 20.5 Å². The number of primary amides is 1. The van der Waals surface area contributed by atoms with Gasteiger partial charge in [-0.3, -0.25) is 9.59 Å². The molecule has 0 bridgehead atoms. The molecule has 3 N–H and O–H groups in total. The summed E-state index contributed by atoms with van der Waals surface area (Å²) in [5, 5.41) is 2.97. The van der Waals surface area contributed by atoms with E-state index in [2.05, 4.69) is 5.32 Å². The van der Waals surface area contributed by atoms with Gasteiger partial charge in [-0.05, 0) is 36.2 Å². The highest BCUT2D eigenvalue weighted by Gasteiger charge is 2.21. The SMILES string of the molecule is NC(=O)C(CNC(=O)c1cc(Cl)c2c(c1)OCCCO2)Cc1ccc(F)cc1. The van der Waals surface area contributed by atoms with Crippen molar-refractivity contribution in [3.05, 3.63) is 58.4 Å². The number of hydrogen-bond acceptors (Lipinski definition) is 4. The van der Waals surface area contributed by atoms with Crippen molar-refractivity contribution in [1.29, 1.82) is 0 Å². The summed E-state index contributed by atoms with van der Waals surface area (Å²) in [5.74, 6) is -1.14. The van der Waals surface area contributed by atoms with E-state index < -0.39 is 17.7 Å². The number of rotatable bonds is 6. The highest BCUT2D eigenvalue weighted by Crippen LogP contribution is 2.37. The lowest BCUT2D eigenvalue weighted by Gasteiger charge is -2.15. The molecule has 1 heterocycles. The van der Waals surface area contributed by atoms with E-state index >= 15 is 0 Å². The number of hydrogen-bond donors (Lipinski definition) is 2. The van der Waals surface area contributed by atoms with Gasteiger partial charge in [0.25, 0.3) is 5.91 Å². The number of carbonyl (C=O) groups is 2. The molecule has 0 fully saturated rings. The fourth-order valence-corrected chi connectivity index (χ4v) is 3.12. The molecule has 0 saturated carbocycles. The van der Waals surface area contributed by atoms with Crippen LogP contribution >= 0.6 is 11.6 Å². The minimum absolute atomic E-state index is 0.0393. The van der Waals surface area contributed by atoms with E-state index in [9.17, 15) is 14.0 Å². The quantitative estimate of drug-likeness (QED) is 0.771. The summed E-state index contributed by atoms with van der Waals surface area (Å²) in [6, 6.07) is 8.83. The van der Waals surface area contributed by atoms with Gasteiger partial charge in [0, 0.05) is 18.5 Å². The predicted molar refractivity (Wildman–Crippen MR) is 102 cm³/mol. The number of carbonyl (C=O) groups excluding carboxylic acids is 2. The minimum atomic E-state index is -0.634. The zero-order chi connectivity index (χ0) is 20.1. The summed E-state index contributed by atoms with van der Waals surface area (Å²) >= 11 is 6.21. The average molecular weight is 407 g/mol. The van der Waals surface area contributed by atoms with E-state index in [0.717, 1.165) is 12.0 Å². The Bertz CT molecular complexity index is 873. The van der Waals surface area contributed by atoms with Crippen molar-refractivity contribution in [2.24, 2.45) is 11.7 Å². The second-order valence-electron chi connectivity index (χ2n) is 6.48. The normalized spacial score (nSPS) is 14.1. The summed E-state index contributed by atoms with van der Waals surface area (Å²) < 4.78 is 24.1. The van der Waals surface area contributed by atoms with E-state index in [1.54, 1.807) is 18.2 Å². The highest BCUT2D eigenvalue weighted by atomic mass is 35.5. The van der Waals surface area contributed by atoms with E-state index in [1.807, 2.05) is 0 Å². The van der Waals surface area contributed by atoms with Crippen LogP contribution in [0.2, 0.25) is 5.02 Å². The minimum Gasteiger partial charge on any atom is -0.489 e. The van der Waals surface area contributed by atoms with Crippen LogP contribution in [0.4, 0.5) is 4.39 Å². The fraction of sp³-hybridized carbons (Fsp3) is 0.300. The standard InChI is InChI=1S/C20H20ClFN2O4/c21-16-9-13(10-17-18(16)28-7-1-6-27-17)20(26)24-11-14(19(23)25)8-12-2-4-15(22)5-3-12/h2-5,9-10,14H,1,6-8,11H2,(H2,23,25)(H,24,26). The second-order valence-corrected chi connectivity index (χ2v) is 6.88. The molecule has 0 radical (unpaired) electrons. The van der Waals surface area contributed by atoms with Crippen LogP contribution in [0, 0.1) is 11.7 Å². The third-order valence-electron chi connectivity index (χ3n) is 4.37. The number of halogens is 2. The first-order chi connectivity index (χ1) is 13.4. The molecule has 2 aromatic rings. The van der Waals surface area contributed by atoms with Gasteiger partial charge in [0.1, 0.15) is 5.82 Å². The fourth-order valence-electron chi connectivity index (χ4n) is 2.86. The van der Waals surface area contributed by atoms with Gasteiger partial charge in [0.05, 0.1) is 24.2 Å². The molecule has 1 unspecified atom stereocenters. The van der Waals surface area contributed by atoms with Gasteiger partial charge in [-0.25, -0.2) is 4.39 Å². The second kappa shape index (κ2) is 8.93. The first kappa shape index (κ1) is 19.9. The van der Waals surface area contributed by atoms with E-state index in [4.69, 9.17) is 26.8 Å². The smallest absolute Gasteiger partial charge is 0.251 e. The maximum absolute atomic E-state index is 13.0. The maximum Gasteiger partial charge on any atom is 0.251 e. The third kappa shape index (κ3) is 4.92. The van der Waals surface area contributed by atoms with E-state index in [0.29, 0.717) is 30.3 Å². The van der Waals surface area contributed by atoms with Crippen molar-refractivity contribution in [3.8, 4) is 11.5 Å². The number of benzene rings is 2. The first-order valence-corrected chi connectivity index (χ1v) is 9.23. The Morgan fingerprint density at radius 3 is 2.61 bits per heavy atom. The Labute approximate surface area is 166 Å². The topological polar surface area (TPSA) is 90.7 Å². The summed E-state index contributed by atoms with van der Waals surface area (Å²) in [6.45, 7) is 0.995. The summed E-state index contributed by atoms with van der Waals surface area (Å²) in [7, 11) is 0. The Kier molecular flexibility index (Phi) is 6.36. The molecule has 1 aliphatic heterocycles. The molecule has 1 aliphatic rings. The maximum atomic E-state index is 13.0. The summed E-state index contributed by atoms with van der Waals surface area (Å²) in [6.07, 6.45) is 1.01. The third-order valence-corrected chi connectivity index (χ3v) is 4.65. The molecule has 148 valence electrons. The monoisotopic (exact) mass is 406 g/mol. The van der Waals surface area contributed by atoms with Crippen molar-refractivity contribution in [3.63, 3.8) is 0 Å². The Morgan fingerprint density at radius 2 is 1.89 bits per heavy atom. The van der Waals surface area contributed by atoms with Crippen LogP contribution in [-0.2, 0) is 11.2 Å². The summed E-state index contributed by atoms with van der Waals surface area (Å²) in [5.41, 5.74) is 6.49. The van der Waals surface area contributed by atoms with Crippen LogP contribution in [0.3, 0.4) is 0 Å². The molecule has 1 atom stereocenters. The van der Waals surface area contributed by atoms with Gasteiger partial charge in [-0.1, -0.05) is 23.7 Å². The first-order valence-electron chi connectivity index (χ1n) is 8.85. The summed E-state index contributed by atoms with van der Waals surface area (Å²) in [4.78, 5) is 24.3. The van der Waals surface area contributed by atoms with Gasteiger partial charge in [0.2, 0.25) is 5.91 Å². The van der Waals surface area contributed by atoms with E-state index in [-0.39, 0.29) is 23.8 Å². The van der Waals surface area contributed by atoms with Gasteiger partial charge in [0.15, 0.2) is 11.5 Å². The average Bonchev–Trinajstić information content (AvgIpc) is 2.92. The van der Waals surface area contributed by atoms with Crippen LogP contribution in [0.5, 0.6) is 11.5 Å². The predicted octanol–water partition coefficient (Wildman–Crippen LogP) is 2.71. The molecule has 6 nitrogen and oxygen atoms in total. The van der Waals surface area contributed by atoms with Crippen LogP contribution in [0.1, 0.15) is 22.3 Å². The van der Waals surface area contributed by atoms with Gasteiger partial charge >= 0.3 is 0 Å². The largest absolute Gasteiger partial charge is 0.489 e. The lowest BCUT2D eigenvalue weighted by molar-refractivity contribution is -0.121. The Hall–Kier alpha value is -2.80. The van der Waals surface area contributed by atoms with Crippen LogP contribution in [0.25, 0.3) is 0 Å². The van der Waals surface area contributed by atoms with Crippen molar-refractivity contribution in [1.82, 2.24) is 5.32 Å². The lowest BCUT2D eigenvalue weighted by atomic mass is 9.98. The Balaban J connectivity index is 1.67. The molecule has 8 heteroatoms. The number of nitrogens with one attached hydrogen (secondary N) is 1. The molecular weight excluding hydrogens is 387 g/mol. The highest BCUT2D eigenvalue weighted by molar-refractivity contribution is 6.32. The molecule has 0 spiro atoms. The molecule has 3 rings (SSSR count). The molecular formula is C20H20ClFN2O4. The number of ether oxygens (including phenoxy) is 2. The van der Waals surface area contributed by atoms with E-state index in [1.165, 1.54) is 18.2 Å².